The van der Waals surface area contributed by atoms with E-state index in [-0.39, 0.29) is 43.0 Å². The fraction of sp³-hybridized carbons (Fsp3) is 0.364. The van der Waals surface area contributed by atoms with Crippen molar-refractivity contribution in [1.82, 2.24) is 0 Å². The first-order valence-corrected chi connectivity index (χ1v) is 18.9. The lowest BCUT2D eigenvalue weighted by Crippen LogP contribution is -2.07. The predicted octanol–water partition coefficient (Wildman–Crippen LogP) is 11.4. The second kappa shape index (κ2) is 27.0. The molecule has 4 N–H and O–H groups in total. The van der Waals surface area contributed by atoms with Crippen LogP contribution in [0.4, 0.5) is 17.6 Å². The maximum atomic E-state index is 14.3. The minimum Gasteiger partial charge on any atom is -0.508 e. The summed E-state index contributed by atoms with van der Waals surface area (Å²) in [6.07, 6.45) is 11.2. The Bertz CT molecular complexity index is 1810. The molecule has 57 heavy (non-hydrogen) atoms. The number of esters is 1. The Hall–Kier alpha value is -5.72. The highest BCUT2D eigenvalue weighted by Crippen LogP contribution is 2.27. The third kappa shape index (κ3) is 21.2. The average Bonchev–Trinajstić information content (AvgIpc) is 3.15. The number of benzene rings is 4. The van der Waals surface area contributed by atoms with Crippen molar-refractivity contribution in [2.24, 2.45) is 0 Å². The molecule has 0 aliphatic carbocycles. The lowest BCUT2D eigenvalue weighted by molar-refractivity contribution is -0.138. The van der Waals surface area contributed by atoms with E-state index in [9.17, 15) is 36.7 Å². The number of carbonyl (C=O) groups excluding carboxylic acids is 1. The van der Waals surface area contributed by atoms with E-state index < -0.39 is 41.3 Å². The number of phenolic OH excluding ortho intramolecular Hbond substituents is 1. The first-order valence-electron chi connectivity index (χ1n) is 18.9. The van der Waals surface area contributed by atoms with Gasteiger partial charge in [-0.25, -0.2) is 17.6 Å². The maximum absolute atomic E-state index is 14.3. The smallest absolute Gasteiger partial charge is 0.311 e. The van der Waals surface area contributed by atoms with E-state index in [1.54, 1.807) is 0 Å². The van der Waals surface area contributed by atoms with Gasteiger partial charge in [-0.1, -0.05) is 75.6 Å². The van der Waals surface area contributed by atoms with Gasteiger partial charge in [0.25, 0.3) is 0 Å². The summed E-state index contributed by atoms with van der Waals surface area (Å²) in [7, 11) is 0. The highest BCUT2D eigenvalue weighted by molar-refractivity contribution is 5.73. The van der Waals surface area contributed by atoms with E-state index in [1.807, 2.05) is 0 Å². The van der Waals surface area contributed by atoms with Gasteiger partial charge in [-0.2, -0.15) is 0 Å². The zero-order chi connectivity index (χ0) is 42.0. The first kappa shape index (κ1) is 47.4. The molecule has 4 aromatic rings. The molecule has 13 heteroatoms. The third-order valence-corrected chi connectivity index (χ3v) is 8.49. The summed E-state index contributed by atoms with van der Waals surface area (Å²) < 4.78 is 58.4. The van der Waals surface area contributed by atoms with Crippen LogP contribution < -0.4 is 4.74 Å². The number of phenols is 1. The molecule has 0 atom stereocenters. The first-order chi connectivity index (χ1) is 27.2. The van der Waals surface area contributed by atoms with Crippen LogP contribution in [0.3, 0.4) is 0 Å². The predicted molar refractivity (Wildman–Crippen MR) is 208 cm³/mol. The lowest BCUT2D eigenvalue weighted by atomic mass is 10.1. The van der Waals surface area contributed by atoms with E-state index in [0.717, 1.165) is 76.3 Å². The van der Waals surface area contributed by atoms with Gasteiger partial charge < -0.3 is 25.2 Å². The van der Waals surface area contributed by atoms with Crippen LogP contribution in [0, 0.1) is 23.3 Å². The second-order valence-electron chi connectivity index (χ2n) is 13.2. The molecule has 4 aromatic carbocycles. The number of carbonyl (C=O) groups is 4. The van der Waals surface area contributed by atoms with Crippen LogP contribution in [-0.2, 0) is 19.2 Å². The molecule has 0 saturated heterocycles. The normalized spacial score (nSPS) is 10.4. The lowest BCUT2D eigenvalue weighted by Gasteiger charge is -2.08. The minimum atomic E-state index is -0.773. The Morgan fingerprint density at radius 2 is 0.789 bits per heavy atom. The fourth-order valence-electron chi connectivity index (χ4n) is 5.49. The molecule has 0 radical (unpaired) electrons. The quantitative estimate of drug-likeness (QED) is 0.0278. The van der Waals surface area contributed by atoms with Gasteiger partial charge in [-0.15, -0.1) is 0 Å². The molecule has 9 nitrogen and oxygen atoms in total. The van der Waals surface area contributed by atoms with Crippen LogP contribution in [0.2, 0.25) is 0 Å². The summed E-state index contributed by atoms with van der Waals surface area (Å²) in [5.41, 5.74) is 1.77. The van der Waals surface area contributed by atoms with Crippen LogP contribution in [-0.4, -0.2) is 44.3 Å². The second-order valence-corrected chi connectivity index (χ2v) is 13.2. The molecular weight excluding hydrogens is 748 g/mol. The van der Waals surface area contributed by atoms with Gasteiger partial charge in [0.2, 0.25) is 0 Å². The zero-order valence-corrected chi connectivity index (χ0v) is 31.7. The van der Waals surface area contributed by atoms with Crippen molar-refractivity contribution in [3.63, 3.8) is 0 Å². The molecule has 0 spiro atoms. The molecule has 0 fully saturated rings. The summed E-state index contributed by atoms with van der Waals surface area (Å²) in [5, 5.41) is 34.3. The number of carboxylic acid groups (broad SMARTS) is 3. The molecule has 4 rings (SSSR count). The van der Waals surface area contributed by atoms with Gasteiger partial charge in [0, 0.05) is 48.9 Å². The Labute approximate surface area is 330 Å². The number of rotatable bonds is 21. The number of carboxylic acids is 3. The van der Waals surface area contributed by atoms with E-state index in [4.69, 9.17) is 25.2 Å². The number of halogens is 4. The van der Waals surface area contributed by atoms with E-state index in [0.29, 0.717) is 35.1 Å². The number of hydrogen-bond acceptors (Lipinski definition) is 6. The van der Waals surface area contributed by atoms with Crippen LogP contribution in [0.15, 0.2) is 84.9 Å². The molecule has 0 bridgehead atoms. The molecule has 0 aliphatic rings. The van der Waals surface area contributed by atoms with Gasteiger partial charge in [-0.3, -0.25) is 19.2 Å². The van der Waals surface area contributed by atoms with Crippen LogP contribution in [0.1, 0.15) is 103 Å². The summed E-state index contributed by atoms with van der Waals surface area (Å²) in [5.74, 6) is -4.48. The van der Waals surface area contributed by atoms with Crippen molar-refractivity contribution < 1.29 is 61.9 Å². The summed E-state index contributed by atoms with van der Waals surface area (Å²) >= 11 is 0. The topological polar surface area (TPSA) is 158 Å². The Morgan fingerprint density at radius 1 is 0.439 bits per heavy atom. The molecule has 308 valence electrons. The van der Waals surface area contributed by atoms with E-state index in [1.165, 1.54) is 72.8 Å². The summed E-state index contributed by atoms with van der Waals surface area (Å²) in [6.45, 7) is 0. The Morgan fingerprint density at radius 3 is 1.16 bits per heavy atom. The standard InChI is InChI=1S/C22H24F2O4.C12H8F2O.C10H18O4/c23-17-11-9-16(10-12-17)19-14-13-18(15-20(19)24)28-22(27)8-6-4-2-1-3-5-7-21(25)26;13-9-3-1-8(2-4-9)11-6-5-10(15)7-12(11)14;11-9(12)7-5-3-1-2-4-6-8-10(13)14/h9-15H,1-8H2,(H,25,26);1-7,15H;1-8H2,(H,11,12)(H,13,14). The minimum absolute atomic E-state index is 0.127. The highest BCUT2D eigenvalue weighted by Gasteiger charge is 2.11. The number of hydrogen-bond donors (Lipinski definition) is 4. The maximum Gasteiger partial charge on any atom is 0.311 e. The Kier molecular flexibility index (Phi) is 22.4. The van der Waals surface area contributed by atoms with Gasteiger partial charge in [0.1, 0.15) is 34.8 Å². The molecular formula is C44H50F4O9. The number of ether oxygens (including phenoxy) is 1. The third-order valence-electron chi connectivity index (χ3n) is 8.49. The van der Waals surface area contributed by atoms with Crippen molar-refractivity contribution in [3.05, 3.63) is 108 Å². The monoisotopic (exact) mass is 798 g/mol. The van der Waals surface area contributed by atoms with Crippen molar-refractivity contribution in [1.29, 1.82) is 0 Å². The van der Waals surface area contributed by atoms with Crippen LogP contribution >= 0.6 is 0 Å². The van der Waals surface area contributed by atoms with Crippen LogP contribution in [0.5, 0.6) is 11.5 Å². The molecule has 0 heterocycles. The van der Waals surface area contributed by atoms with Gasteiger partial charge in [0.15, 0.2) is 0 Å². The number of aromatic hydroxyl groups is 1. The van der Waals surface area contributed by atoms with Crippen molar-refractivity contribution in [3.8, 4) is 33.8 Å². The molecule has 0 aromatic heterocycles. The molecule has 0 saturated carbocycles. The van der Waals surface area contributed by atoms with Crippen molar-refractivity contribution in [2.75, 3.05) is 0 Å². The summed E-state index contributed by atoms with van der Waals surface area (Å²) in [4.78, 5) is 42.6. The van der Waals surface area contributed by atoms with Gasteiger partial charge >= 0.3 is 23.9 Å². The van der Waals surface area contributed by atoms with E-state index in [2.05, 4.69) is 0 Å². The molecule has 0 amide bonds. The van der Waals surface area contributed by atoms with Gasteiger partial charge in [0.05, 0.1) is 0 Å². The fourth-order valence-corrected chi connectivity index (χ4v) is 5.49. The summed E-state index contributed by atoms with van der Waals surface area (Å²) in [6, 6.07) is 19.0. The number of aliphatic carboxylic acids is 3. The molecule has 0 aliphatic heterocycles. The van der Waals surface area contributed by atoms with Crippen molar-refractivity contribution >= 4 is 23.9 Å². The van der Waals surface area contributed by atoms with Gasteiger partial charge in [-0.05, 0) is 85.3 Å². The highest BCUT2D eigenvalue weighted by atomic mass is 19.1. The SMILES string of the molecule is O=C(O)CCCCCCCCC(=O)O.O=C(O)CCCCCCCCC(=O)Oc1ccc(-c2ccc(F)cc2)c(F)c1.Oc1ccc(-c2ccc(F)cc2)c(F)c1. The zero-order valence-electron chi connectivity index (χ0n) is 31.7. The molecule has 0 unspecified atom stereocenters. The van der Waals surface area contributed by atoms with Crippen LogP contribution in [0.25, 0.3) is 22.3 Å². The largest absolute Gasteiger partial charge is 0.508 e. The van der Waals surface area contributed by atoms with E-state index >= 15 is 0 Å². The average molecular weight is 799 g/mol. The number of unbranched alkanes of at least 4 members (excludes halogenated alkanes) is 10. The Balaban J connectivity index is 0.000000325. The van der Waals surface area contributed by atoms with Crippen molar-refractivity contribution in [2.45, 2.75) is 103 Å².